The molecule has 5 rings (SSSR count). The van der Waals surface area contributed by atoms with Crippen molar-refractivity contribution in [1.29, 1.82) is 5.26 Å². The Balaban J connectivity index is 1.17. The topological polar surface area (TPSA) is 89.0 Å². The van der Waals surface area contributed by atoms with E-state index in [9.17, 15) is 28.0 Å². The number of H-pyrrole nitrogens is 1. The maximum absolute atomic E-state index is 13.0. The number of halogens is 3. The summed E-state index contributed by atoms with van der Waals surface area (Å²) in [5.74, 6) is -1.35. The maximum Gasteiger partial charge on any atom is 0.391 e. The molecule has 0 atom stereocenters. The van der Waals surface area contributed by atoms with Gasteiger partial charge in [-0.2, -0.15) is 18.4 Å². The molecular formula is C33H29F3N4O2. The highest BCUT2D eigenvalue weighted by atomic mass is 19.4. The predicted octanol–water partition coefficient (Wildman–Crippen LogP) is 7.26. The van der Waals surface area contributed by atoms with Gasteiger partial charge in [-0.05, 0) is 78.6 Å². The fourth-order valence-electron chi connectivity index (χ4n) is 5.16. The van der Waals surface area contributed by atoms with Crippen molar-refractivity contribution >= 4 is 28.6 Å². The Labute approximate surface area is 241 Å². The van der Waals surface area contributed by atoms with E-state index in [1.165, 1.54) is 0 Å². The molecule has 2 N–H and O–H groups in total. The van der Waals surface area contributed by atoms with Gasteiger partial charge in [-0.3, -0.25) is 9.59 Å². The molecule has 1 saturated heterocycles. The average Bonchev–Trinajstić information content (AvgIpc) is 3.54. The zero-order chi connectivity index (χ0) is 29.7. The molecule has 6 nitrogen and oxygen atoms in total. The monoisotopic (exact) mass is 570 g/mol. The van der Waals surface area contributed by atoms with Gasteiger partial charge >= 0.3 is 6.18 Å². The number of carbonyl (C=O) groups excluding carboxylic acids is 2. The van der Waals surface area contributed by atoms with Crippen molar-refractivity contribution in [3.05, 3.63) is 113 Å². The van der Waals surface area contributed by atoms with Crippen molar-refractivity contribution < 1.29 is 22.8 Å². The van der Waals surface area contributed by atoms with Crippen LogP contribution in [0.5, 0.6) is 0 Å². The third-order valence-electron chi connectivity index (χ3n) is 7.60. The molecule has 0 saturated carbocycles. The fraction of sp³-hybridized carbons (Fsp3) is 0.242. The van der Waals surface area contributed by atoms with E-state index < -0.39 is 12.1 Å². The number of piperidine rings is 1. The van der Waals surface area contributed by atoms with Crippen LogP contribution in [0.3, 0.4) is 0 Å². The van der Waals surface area contributed by atoms with Crippen LogP contribution in [0.1, 0.15) is 50.2 Å². The van der Waals surface area contributed by atoms with E-state index in [1.807, 2.05) is 29.2 Å². The number of aromatic nitrogens is 1. The quantitative estimate of drug-likeness (QED) is 0.207. The second-order valence-corrected chi connectivity index (χ2v) is 10.5. The van der Waals surface area contributed by atoms with Crippen molar-refractivity contribution in [1.82, 2.24) is 4.98 Å². The highest BCUT2D eigenvalue weighted by molar-refractivity contribution is 5.98. The van der Waals surface area contributed by atoms with Crippen LogP contribution >= 0.6 is 0 Å². The van der Waals surface area contributed by atoms with Gasteiger partial charge in [0, 0.05) is 60.8 Å². The molecule has 4 aromatic rings. The lowest BCUT2D eigenvalue weighted by Crippen LogP contribution is -2.39. The normalized spacial score (nSPS) is 13.9. The third-order valence-corrected chi connectivity index (χ3v) is 7.60. The van der Waals surface area contributed by atoms with Crippen molar-refractivity contribution in [3.63, 3.8) is 0 Å². The minimum absolute atomic E-state index is 0.0225. The molecule has 1 aromatic heterocycles. The number of anilines is 3. The number of hydrogen-bond acceptors (Lipinski definition) is 5. The Hall–Kier alpha value is -4.84. The van der Waals surface area contributed by atoms with Crippen molar-refractivity contribution in [2.45, 2.75) is 31.9 Å². The molecule has 0 unspecified atom stereocenters. The Morgan fingerprint density at radius 3 is 2.14 bits per heavy atom. The van der Waals surface area contributed by atoms with Gasteiger partial charge in [-0.25, -0.2) is 0 Å². The second-order valence-electron chi connectivity index (χ2n) is 10.5. The number of carbonyl (C=O) groups is 2. The molecule has 1 fully saturated rings. The van der Waals surface area contributed by atoms with E-state index in [2.05, 4.69) is 16.4 Å². The molecule has 3 aromatic carbocycles. The molecule has 0 bridgehead atoms. The zero-order valence-electron chi connectivity index (χ0n) is 22.7. The molecule has 9 heteroatoms. The van der Waals surface area contributed by atoms with E-state index in [4.69, 9.17) is 0 Å². The number of hydrogen-bond donors (Lipinski definition) is 2. The molecule has 0 amide bonds. The Morgan fingerprint density at radius 1 is 0.881 bits per heavy atom. The number of benzene rings is 3. The first-order chi connectivity index (χ1) is 20.2. The molecule has 0 spiro atoms. The van der Waals surface area contributed by atoms with Gasteiger partial charge in [0.1, 0.15) is 6.07 Å². The van der Waals surface area contributed by atoms with Gasteiger partial charge in [0.25, 0.3) is 0 Å². The first-order valence-corrected chi connectivity index (χ1v) is 13.7. The number of rotatable bonds is 9. The standard InChI is InChI=1S/C33H29F3N4O2/c34-33(35,36)27-12-15-40(16-13-27)29-8-4-24(5-9-29)31(41)19-23-3-10-30(26(17-23)20-37)39-28-6-1-22(2-7-28)18-32(42)25-11-14-38-21-25/h1-11,14,17,21,27,38-39H,12-13,15-16,18-19H2. The number of alkyl halides is 3. The molecule has 214 valence electrons. The lowest BCUT2D eigenvalue weighted by atomic mass is 9.95. The van der Waals surface area contributed by atoms with E-state index in [0.29, 0.717) is 41.0 Å². The van der Waals surface area contributed by atoms with E-state index >= 15 is 0 Å². The molecular weight excluding hydrogens is 541 g/mol. The van der Waals surface area contributed by atoms with Crippen LogP contribution in [0.4, 0.5) is 30.2 Å². The van der Waals surface area contributed by atoms with E-state index in [1.54, 1.807) is 60.9 Å². The van der Waals surface area contributed by atoms with Gasteiger partial charge < -0.3 is 15.2 Å². The summed E-state index contributed by atoms with van der Waals surface area (Å²) in [7, 11) is 0. The molecule has 0 aliphatic carbocycles. The predicted molar refractivity (Wildman–Crippen MR) is 155 cm³/mol. The van der Waals surface area contributed by atoms with Crippen molar-refractivity contribution in [2.24, 2.45) is 5.92 Å². The van der Waals surface area contributed by atoms with Gasteiger partial charge in [0.15, 0.2) is 11.6 Å². The minimum atomic E-state index is -4.15. The van der Waals surface area contributed by atoms with Crippen LogP contribution < -0.4 is 10.2 Å². The van der Waals surface area contributed by atoms with E-state index in [-0.39, 0.29) is 37.2 Å². The molecule has 1 aliphatic heterocycles. The number of nitrogens with zero attached hydrogens (tertiary/aromatic N) is 2. The first-order valence-electron chi connectivity index (χ1n) is 13.7. The molecule has 0 radical (unpaired) electrons. The van der Waals surface area contributed by atoms with Crippen LogP contribution in [0.2, 0.25) is 0 Å². The van der Waals surface area contributed by atoms with Gasteiger partial charge in [0.2, 0.25) is 0 Å². The lowest BCUT2D eigenvalue weighted by molar-refractivity contribution is -0.179. The number of aromatic amines is 1. The fourth-order valence-corrected chi connectivity index (χ4v) is 5.16. The molecule has 42 heavy (non-hydrogen) atoms. The second kappa shape index (κ2) is 12.4. The number of nitrogens with one attached hydrogen (secondary N) is 2. The average molecular weight is 571 g/mol. The number of ketones is 2. The van der Waals surface area contributed by atoms with E-state index in [0.717, 1.165) is 16.9 Å². The SMILES string of the molecule is N#Cc1cc(CC(=O)c2ccc(N3CCC(C(F)(F)F)CC3)cc2)ccc1Nc1ccc(CC(=O)c2cc[nH]c2)cc1. The summed E-state index contributed by atoms with van der Waals surface area (Å²) in [6.07, 6.45) is -0.243. The summed E-state index contributed by atoms with van der Waals surface area (Å²) in [6.45, 7) is 0.652. The van der Waals surface area contributed by atoms with Crippen LogP contribution in [-0.2, 0) is 12.8 Å². The van der Waals surface area contributed by atoms with Crippen LogP contribution in [0, 0.1) is 17.2 Å². The Kier molecular flexibility index (Phi) is 8.43. The summed E-state index contributed by atoms with van der Waals surface area (Å²) in [6, 6.07) is 23.5. The third kappa shape index (κ3) is 6.89. The highest BCUT2D eigenvalue weighted by Crippen LogP contribution is 2.35. The highest BCUT2D eigenvalue weighted by Gasteiger charge is 2.41. The van der Waals surface area contributed by atoms with Crippen LogP contribution in [0.25, 0.3) is 0 Å². The molecule has 1 aliphatic rings. The Bertz CT molecular complexity index is 1580. The number of Topliss-reactive ketones (excluding diaryl/α,β-unsaturated/α-hetero) is 2. The largest absolute Gasteiger partial charge is 0.391 e. The van der Waals surface area contributed by atoms with Crippen LogP contribution in [-0.4, -0.2) is 35.8 Å². The van der Waals surface area contributed by atoms with Crippen LogP contribution in [0.15, 0.2) is 85.2 Å². The van der Waals surface area contributed by atoms with Gasteiger partial charge in [-0.1, -0.05) is 18.2 Å². The summed E-state index contributed by atoms with van der Waals surface area (Å²) >= 11 is 0. The summed E-state index contributed by atoms with van der Waals surface area (Å²) < 4.78 is 38.9. The van der Waals surface area contributed by atoms with Gasteiger partial charge in [-0.15, -0.1) is 0 Å². The molecule has 2 heterocycles. The minimum Gasteiger partial charge on any atom is -0.372 e. The first kappa shape index (κ1) is 28.7. The zero-order valence-corrected chi connectivity index (χ0v) is 22.7. The smallest absolute Gasteiger partial charge is 0.372 e. The lowest BCUT2D eigenvalue weighted by Gasteiger charge is -2.34. The number of nitriles is 1. The summed E-state index contributed by atoms with van der Waals surface area (Å²) in [5, 5.41) is 13.0. The Morgan fingerprint density at radius 2 is 1.52 bits per heavy atom. The van der Waals surface area contributed by atoms with Crippen molar-refractivity contribution in [2.75, 3.05) is 23.3 Å². The maximum atomic E-state index is 13.0. The van der Waals surface area contributed by atoms with Gasteiger partial charge in [0.05, 0.1) is 17.2 Å². The summed E-state index contributed by atoms with van der Waals surface area (Å²) in [5.41, 5.74) is 5.26. The van der Waals surface area contributed by atoms with Crippen molar-refractivity contribution in [3.8, 4) is 6.07 Å². The summed E-state index contributed by atoms with van der Waals surface area (Å²) in [4.78, 5) is 30.1.